The van der Waals surface area contributed by atoms with Gasteiger partial charge in [-0.25, -0.2) is 4.98 Å². The largest absolute Gasteiger partial charge is 0.480 e. The minimum absolute atomic E-state index is 0.175. The monoisotopic (exact) mass is 359 g/mol. The molecule has 1 aromatic heterocycles. The molecule has 19 heavy (non-hydrogen) atoms. The van der Waals surface area contributed by atoms with E-state index in [0.717, 1.165) is 4.47 Å². The summed E-state index contributed by atoms with van der Waals surface area (Å²) in [6, 6.07) is 7.05. The highest BCUT2D eigenvalue weighted by molar-refractivity contribution is 9.10. The second-order valence-corrected chi connectivity index (χ2v) is 5.27. The van der Waals surface area contributed by atoms with E-state index >= 15 is 0 Å². The average molecular weight is 361 g/mol. The van der Waals surface area contributed by atoms with Crippen LogP contribution in [0.3, 0.4) is 0 Å². The number of hydrogen-bond donors (Lipinski definition) is 0. The summed E-state index contributed by atoms with van der Waals surface area (Å²) in [6.07, 6.45) is 0.612. The molecular formula is C13H8BrCl2NO2. The molecule has 0 radical (unpaired) electrons. The summed E-state index contributed by atoms with van der Waals surface area (Å²) in [6.45, 7) is 0. The predicted octanol–water partition coefficient (Wildman–Crippen LogP) is 4.64. The van der Waals surface area contributed by atoms with Crippen molar-refractivity contribution in [1.82, 2.24) is 4.98 Å². The lowest BCUT2D eigenvalue weighted by Crippen LogP contribution is -1.97. The van der Waals surface area contributed by atoms with Gasteiger partial charge in [0, 0.05) is 10.0 Å². The first-order valence-corrected chi connectivity index (χ1v) is 6.77. The van der Waals surface area contributed by atoms with Crippen LogP contribution in [0, 0.1) is 0 Å². The fourth-order valence-corrected chi connectivity index (χ4v) is 2.42. The number of benzene rings is 1. The zero-order valence-electron chi connectivity index (χ0n) is 9.78. The smallest absolute Gasteiger partial charge is 0.225 e. The van der Waals surface area contributed by atoms with E-state index in [-0.39, 0.29) is 16.5 Å². The van der Waals surface area contributed by atoms with Crippen LogP contribution in [0.25, 0.3) is 11.3 Å². The third kappa shape index (κ3) is 2.76. The first-order valence-electron chi connectivity index (χ1n) is 5.22. The maximum absolute atomic E-state index is 10.9. The molecule has 0 saturated heterocycles. The van der Waals surface area contributed by atoms with Gasteiger partial charge in [-0.15, -0.1) is 0 Å². The zero-order valence-corrected chi connectivity index (χ0v) is 12.9. The van der Waals surface area contributed by atoms with Gasteiger partial charge in [-0.2, -0.15) is 0 Å². The topological polar surface area (TPSA) is 39.2 Å². The van der Waals surface area contributed by atoms with Crippen LogP contribution in [0.4, 0.5) is 0 Å². The van der Waals surface area contributed by atoms with Crippen LogP contribution in [-0.4, -0.2) is 18.4 Å². The second-order valence-electron chi connectivity index (χ2n) is 3.63. The van der Waals surface area contributed by atoms with Crippen LogP contribution in [-0.2, 0) is 0 Å². The maximum atomic E-state index is 10.9. The Morgan fingerprint density at radius 1 is 1.37 bits per heavy atom. The molecule has 0 aliphatic carbocycles. The van der Waals surface area contributed by atoms with Gasteiger partial charge in [0.25, 0.3) is 0 Å². The summed E-state index contributed by atoms with van der Waals surface area (Å²) in [5.74, 6) is 0.175. The van der Waals surface area contributed by atoms with Crippen LogP contribution in [0.5, 0.6) is 5.88 Å². The van der Waals surface area contributed by atoms with Crippen LogP contribution in [0.1, 0.15) is 10.4 Å². The summed E-state index contributed by atoms with van der Waals surface area (Å²) < 4.78 is 5.82. The number of aldehydes is 1. The first kappa shape index (κ1) is 14.3. The lowest BCUT2D eigenvalue weighted by atomic mass is 10.1. The van der Waals surface area contributed by atoms with Crippen molar-refractivity contribution >= 4 is 45.4 Å². The van der Waals surface area contributed by atoms with Crippen molar-refractivity contribution < 1.29 is 9.53 Å². The van der Waals surface area contributed by atoms with Gasteiger partial charge < -0.3 is 4.74 Å². The molecule has 0 aliphatic rings. The van der Waals surface area contributed by atoms with E-state index < -0.39 is 0 Å². The van der Waals surface area contributed by atoms with Crippen LogP contribution < -0.4 is 4.74 Å². The zero-order chi connectivity index (χ0) is 14.0. The Kier molecular flexibility index (Phi) is 4.45. The number of hydrogen-bond acceptors (Lipinski definition) is 3. The highest BCUT2D eigenvalue weighted by Gasteiger charge is 2.15. The summed E-state index contributed by atoms with van der Waals surface area (Å²) >= 11 is 15.6. The molecule has 0 amide bonds. The molecule has 2 aromatic rings. The molecular weight excluding hydrogens is 353 g/mol. The Hall–Kier alpha value is -1.10. The van der Waals surface area contributed by atoms with E-state index in [1.54, 1.807) is 6.07 Å². The van der Waals surface area contributed by atoms with Crippen molar-refractivity contribution in [2.45, 2.75) is 0 Å². The quantitative estimate of drug-likeness (QED) is 0.748. The van der Waals surface area contributed by atoms with E-state index in [1.165, 1.54) is 7.11 Å². The predicted molar refractivity (Wildman–Crippen MR) is 79.3 cm³/mol. The van der Waals surface area contributed by atoms with Crippen molar-refractivity contribution in [2.75, 3.05) is 7.11 Å². The molecule has 0 fully saturated rings. The molecule has 0 bridgehead atoms. The van der Waals surface area contributed by atoms with Crippen molar-refractivity contribution in [3.63, 3.8) is 0 Å². The van der Waals surface area contributed by atoms with Gasteiger partial charge in [0.1, 0.15) is 0 Å². The standard InChI is InChI=1S/C13H8BrCl2NO2/c1-19-13-8(6-18)10(15)5-11(17-13)7-3-2-4-9(14)12(7)16/h2-6H,1H3. The van der Waals surface area contributed by atoms with Crippen LogP contribution in [0.2, 0.25) is 10.0 Å². The Morgan fingerprint density at radius 2 is 2.11 bits per heavy atom. The molecule has 3 nitrogen and oxygen atoms in total. The van der Waals surface area contributed by atoms with Gasteiger partial charge in [-0.3, -0.25) is 4.79 Å². The lowest BCUT2D eigenvalue weighted by Gasteiger charge is -2.10. The minimum atomic E-state index is 0.175. The highest BCUT2D eigenvalue weighted by Crippen LogP contribution is 2.35. The number of nitrogens with zero attached hydrogens (tertiary/aromatic N) is 1. The molecule has 2 rings (SSSR count). The van der Waals surface area contributed by atoms with Crippen molar-refractivity contribution in [1.29, 1.82) is 0 Å². The number of ether oxygens (including phenoxy) is 1. The molecule has 0 N–H and O–H groups in total. The Labute approximate surface area is 128 Å². The van der Waals surface area contributed by atoms with Gasteiger partial charge >= 0.3 is 0 Å². The molecule has 0 atom stereocenters. The maximum Gasteiger partial charge on any atom is 0.225 e. The lowest BCUT2D eigenvalue weighted by molar-refractivity contribution is 0.112. The average Bonchev–Trinajstić information content (AvgIpc) is 2.40. The normalized spacial score (nSPS) is 10.3. The van der Waals surface area contributed by atoms with Gasteiger partial charge in [0.15, 0.2) is 6.29 Å². The Bertz CT molecular complexity index is 647. The molecule has 98 valence electrons. The fourth-order valence-electron chi connectivity index (χ4n) is 1.60. The SMILES string of the molecule is COc1nc(-c2cccc(Br)c2Cl)cc(Cl)c1C=O. The third-order valence-corrected chi connectivity index (χ3v) is 4.12. The van der Waals surface area contributed by atoms with E-state index in [2.05, 4.69) is 20.9 Å². The molecule has 0 aliphatic heterocycles. The van der Waals surface area contributed by atoms with Gasteiger partial charge in [0.2, 0.25) is 5.88 Å². The summed E-state index contributed by atoms with van der Waals surface area (Å²) in [5, 5.41) is 0.792. The van der Waals surface area contributed by atoms with Crippen LogP contribution in [0.15, 0.2) is 28.7 Å². The third-order valence-electron chi connectivity index (χ3n) is 2.51. The summed E-state index contributed by atoms with van der Waals surface area (Å²) in [4.78, 5) is 15.2. The highest BCUT2D eigenvalue weighted by atomic mass is 79.9. The number of carbonyl (C=O) groups is 1. The number of carbonyl (C=O) groups excluding carboxylic acids is 1. The molecule has 0 saturated carbocycles. The van der Waals surface area contributed by atoms with Crippen LogP contribution >= 0.6 is 39.1 Å². The Balaban J connectivity index is 2.67. The number of aromatic nitrogens is 1. The number of pyridine rings is 1. The number of methoxy groups -OCH3 is 1. The van der Waals surface area contributed by atoms with Gasteiger partial charge in [-0.1, -0.05) is 35.3 Å². The molecule has 6 heteroatoms. The van der Waals surface area contributed by atoms with Crippen molar-refractivity contribution in [3.05, 3.63) is 44.3 Å². The number of halogens is 3. The van der Waals surface area contributed by atoms with E-state index in [4.69, 9.17) is 27.9 Å². The molecule has 0 spiro atoms. The van der Waals surface area contributed by atoms with E-state index in [9.17, 15) is 4.79 Å². The summed E-state index contributed by atoms with van der Waals surface area (Å²) in [5.41, 5.74) is 1.46. The van der Waals surface area contributed by atoms with Gasteiger partial charge in [0.05, 0.1) is 28.4 Å². The molecule has 1 heterocycles. The Morgan fingerprint density at radius 3 is 2.74 bits per heavy atom. The van der Waals surface area contributed by atoms with Crippen molar-refractivity contribution in [2.24, 2.45) is 0 Å². The summed E-state index contributed by atoms with van der Waals surface area (Å²) in [7, 11) is 1.43. The van der Waals surface area contributed by atoms with E-state index in [1.807, 2.05) is 18.2 Å². The first-order chi connectivity index (χ1) is 9.08. The van der Waals surface area contributed by atoms with E-state index in [0.29, 0.717) is 22.6 Å². The molecule has 0 unspecified atom stereocenters. The number of rotatable bonds is 3. The van der Waals surface area contributed by atoms with Crippen molar-refractivity contribution in [3.8, 4) is 17.1 Å². The minimum Gasteiger partial charge on any atom is -0.480 e. The second kappa shape index (κ2) is 5.90. The van der Waals surface area contributed by atoms with Gasteiger partial charge in [-0.05, 0) is 28.1 Å². The molecule has 1 aromatic carbocycles. The fraction of sp³-hybridized carbons (Fsp3) is 0.0769.